The number of thioether (sulfide) groups is 1. The lowest BCUT2D eigenvalue weighted by molar-refractivity contribution is 0.357. The molecule has 0 amide bonds. The highest BCUT2D eigenvalue weighted by Crippen LogP contribution is 2.29. The van der Waals surface area contributed by atoms with Crippen LogP contribution >= 0.6 is 11.8 Å². The van der Waals surface area contributed by atoms with E-state index in [1.54, 1.807) is 0 Å². The summed E-state index contributed by atoms with van der Waals surface area (Å²) in [4.78, 5) is 0. The zero-order chi connectivity index (χ0) is 13.7. The molecular weight excluding hydrogens is 254 g/mol. The molecule has 1 aromatic rings. The molecule has 106 valence electrons. The number of benzene rings is 1. The number of fused-ring (bicyclic) bond motifs is 1. The van der Waals surface area contributed by atoms with Gasteiger partial charge >= 0.3 is 0 Å². The predicted octanol–water partition coefficient (Wildman–Crippen LogP) is 3.66. The molecule has 1 aliphatic rings. The molecule has 1 atom stereocenters. The first-order valence-electron chi connectivity index (χ1n) is 7.27. The van der Waals surface area contributed by atoms with Crippen molar-refractivity contribution < 1.29 is 4.74 Å². The average molecular weight is 279 g/mol. The van der Waals surface area contributed by atoms with Gasteiger partial charge in [0.15, 0.2) is 0 Å². The van der Waals surface area contributed by atoms with Crippen LogP contribution in [0.4, 0.5) is 0 Å². The molecule has 0 aliphatic carbocycles. The molecular formula is C16H25NOS. The van der Waals surface area contributed by atoms with Gasteiger partial charge in [0.05, 0.1) is 6.61 Å². The number of nitrogens with one attached hydrogen (secondary N) is 1. The lowest BCUT2D eigenvalue weighted by atomic mass is 10.0. The van der Waals surface area contributed by atoms with Gasteiger partial charge in [-0.15, -0.1) is 0 Å². The van der Waals surface area contributed by atoms with Gasteiger partial charge in [-0.1, -0.05) is 32.9 Å². The lowest BCUT2D eigenvalue weighted by Gasteiger charge is -2.19. The number of hydrogen-bond donors (Lipinski definition) is 1. The van der Waals surface area contributed by atoms with E-state index in [9.17, 15) is 0 Å². The average Bonchev–Trinajstić information content (AvgIpc) is 2.84. The molecule has 1 unspecified atom stereocenters. The minimum atomic E-state index is 0.458. The normalized spacial score (nSPS) is 15.4. The maximum absolute atomic E-state index is 5.58. The molecule has 2 nitrogen and oxygen atoms in total. The first-order chi connectivity index (χ1) is 9.20. The zero-order valence-electron chi connectivity index (χ0n) is 12.2. The molecule has 0 radical (unpaired) electrons. The molecule has 1 aromatic carbocycles. The second-order valence-electron chi connectivity index (χ2n) is 5.51. The van der Waals surface area contributed by atoms with Crippen molar-refractivity contribution in [2.45, 2.75) is 33.2 Å². The van der Waals surface area contributed by atoms with E-state index in [0.717, 1.165) is 37.0 Å². The zero-order valence-corrected chi connectivity index (χ0v) is 13.1. The second kappa shape index (κ2) is 7.20. The van der Waals surface area contributed by atoms with Gasteiger partial charge in [-0.25, -0.2) is 0 Å². The van der Waals surface area contributed by atoms with Gasteiger partial charge in [0, 0.05) is 18.2 Å². The summed E-state index contributed by atoms with van der Waals surface area (Å²) in [5.74, 6) is 4.22. The van der Waals surface area contributed by atoms with E-state index in [-0.39, 0.29) is 0 Å². The molecule has 0 bridgehead atoms. The van der Waals surface area contributed by atoms with Crippen LogP contribution in [0.2, 0.25) is 0 Å². The number of rotatable bonds is 7. The summed E-state index contributed by atoms with van der Waals surface area (Å²) in [7, 11) is 0. The summed E-state index contributed by atoms with van der Waals surface area (Å²) < 4.78 is 5.58. The lowest BCUT2D eigenvalue weighted by Crippen LogP contribution is -2.23. The Bertz CT molecular complexity index is 406. The molecule has 3 heteroatoms. The third-order valence-corrected chi connectivity index (χ3v) is 4.77. The Labute approximate surface area is 121 Å². The SMILES string of the molecule is CCNC(CSCC(C)C)c1ccc2c(c1)CCO2. The van der Waals surface area contributed by atoms with Crippen molar-refractivity contribution in [1.29, 1.82) is 0 Å². The van der Waals surface area contributed by atoms with Crippen LogP contribution in [0, 0.1) is 5.92 Å². The maximum Gasteiger partial charge on any atom is 0.122 e. The molecule has 0 spiro atoms. The monoisotopic (exact) mass is 279 g/mol. The molecule has 2 rings (SSSR count). The quantitative estimate of drug-likeness (QED) is 0.823. The van der Waals surface area contributed by atoms with Gasteiger partial charge in [-0.05, 0) is 35.4 Å². The van der Waals surface area contributed by atoms with Crippen LogP contribution in [0.15, 0.2) is 18.2 Å². The molecule has 19 heavy (non-hydrogen) atoms. The van der Waals surface area contributed by atoms with Gasteiger partial charge in [-0.2, -0.15) is 11.8 Å². The summed E-state index contributed by atoms with van der Waals surface area (Å²) in [6, 6.07) is 7.13. The topological polar surface area (TPSA) is 21.3 Å². The van der Waals surface area contributed by atoms with Crippen LogP contribution in [0.5, 0.6) is 5.75 Å². The standard InChI is InChI=1S/C16H25NOS/c1-4-17-15(11-19-10-12(2)3)13-5-6-16-14(9-13)7-8-18-16/h5-6,9,12,15,17H,4,7-8,10-11H2,1-3H3. The summed E-state index contributed by atoms with van der Waals surface area (Å²) >= 11 is 2.04. The Kier molecular flexibility index (Phi) is 5.59. The van der Waals surface area contributed by atoms with Gasteiger partial charge in [-0.3, -0.25) is 0 Å². The van der Waals surface area contributed by atoms with E-state index in [1.807, 2.05) is 11.8 Å². The maximum atomic E-state index is 5.58. The molecule has 0 aromatic heterocycles. The first kappa shape index (κ1) is 14.7. The third kappa shape index (κ3) is 4.15. The van der Waals surface area contributed by atoms with E-state index in [4.69, 9.17) is 4.74 Å². The molecule has 0 saturated heterocycles. The number of hydrogen-bond acceptors (Lipinski definition) is 3. The fraction of sp³-hybridized carbons (Fsp3) is 0.625. The fourth-order valence-corrected chi connectivity index (χ4v) is 3.52. The van der Waals surface area contributed by atoms with Crippen molar-refractivity contribution in [3.63, 3.8) is 0 Å². The van der Waals surface area contributed by atoms with Crippen LogP contribution in [-0.4, -0.2) is 24.7 Å². The Balaban J connectivity index is 2.01. The van der Waals surface area contributed by atoms with Crippen LogP contribution < -0.4 is 10.1 Å². The van der Waals surface area contributed by atoms with Crippen molar-refractivity contribution in [2.24, 2.45) is 5.92 Å². The third-order valence-electron chi connectivity index (χ3n) is 3.30. The highest BCUT2D eigenvalue weighted by Gasteiger charge is 2.16. The van der Waals surface area contributed by atoms with Crippen molar-refractivity contribution in [1.82, 2.24) is 5.32 Å². The second-order valence-corrected chi connectivity index (χ2v) is 6.58. The van der Waals surface area contributed by atoms with Crippen LogP contribution in [0.1, 0.15) is 37.9 Å². The Morgan fingerprint density at radius 2 is 2.16 bits per heavy atom. The molecule has 1 aliphatic heterocycles. The minimum absolute atomic E-state index is 0.458. The van der Waals surface area contributed by atoms with E-state index < -0.39 is 0 Å². The van der Waals surface area contributed by atoms with E-state index >= 15 is 0 Å². The van der Waals surface area contributed by atoms with E-state index in [0.29, 0.717) is 6.04 Å². The van der Waals surface area contributed by atoms with Crippen molar-refractivity contribution in [2.75, 3.05) is 24.7 Å². The molecule has 1 N–H and O–H groups in total. The van der Waals surface area contributed by atoms with Gasteiger partial charge in [0.1, 0.15) is 5.75 Å². The van der Waals surface area contributed by atoms with Gasteiger partial charge in [0.2, 0.25) is 0 Å². The summed E-state index contributed by atoms with van der Waals surface area (Å²) in [6.07, 6.45) is 1.06. The number of ether oxygens (including phenoxy) is 1. The van der Waals surface area contributed by atoms with Crippen molar-refractivity contribution in [3.8, 4) is 5.75 Å². The summed E-state index contributed by atoms with van der Waals surface area (Å²) in [5.41, 5.74) is 2.77. The Morgan fingerprint density at radius 1 is 1.32 bits per heavy atom. The largest absolute Gasteiger partial charge is 0.493 e. The highest BCUT2D eigenvalue weighted by atomic mass is 32.2. The molecule has 0 fully saturated rings. The smallest absolute Gasteiger partial charge is 0.122 e. The summed E-state index contributed by atoms with van der Waals surface area (Å²) in [5, 5.41) is 3.60. The predicted molar refractivity (Wildman–Crippen MR) is 84.2 cm³/mol. The van der Waals surface area contributed by atoms with Crippen LogP contribution in [0.25, 0.3) is 0 Å². The van der Waals surface area contributed by atoms with Gasteiger partial charge < -0.3 is 10.1 Å². The Hall–Kier alpha value is -0.670. The Morgan fingerprint density at radius 3 is 2.89 bits per heavy atom. The summed E-state index contributed by atoms with van der Waals surface area (Å²) in [6.45, 7) is 8.59. The first-order valence-corrected chi connectivity index (χ1v) is 8.43. The fourth-order valence-electron chi connectivity index (χ4n) is 2.36. The minimum Gasteiger partial charge on any atom is -0.493 e. The van der Waals surface area contributed by atoms with Gasteiger partial charge in [0.25, 0.3) is 0 Å². The van der Waals surface area contributed by atoms with Crippen LogP contribution in [0.3, 0.4) is 0 Å². The molecule has 0 saturated carbocycles. The van der Waals surface area contributed by atoms with Crippen LogP contribution in [-0.2, 0) is 6.42 Å². The van der Waals surface area contributed by atoms with Crippen molar-refractivity contribution >= 4 is 11.8 Å². The van der Waals surface area contributed by atoms with E-state index in [2.05, 4.69) is 44.3 Å². The van der Waals surface area contributed by atoms with Crippen molar-refractivity contribution in [3.05, 3.63) is 29.3 Å². The highest BCUT2D eigenvalue weighted by molar-refractivity contribution is 7.99. The van der Waals surface area contributed by atoms with E-state index in [1.165, 1.54) is 16.9 Å². The molecule has 1 heterocycles.